The Hall–Kier alpha value is -6.89. The summed E-state index contributed by atoms with van der Waals surface area (Å²) in [5, 5.41) is 13.9. The topological polar surface area (TPSA) is 211 Å². The van der Waals surface area contributed by atoms with E-state index in [1.54, 1.807) is 55.6 Å². The first-order valence-corrected chi connectivity index (χ1v) is 17.8. The van der Waals surface area contributed by atoms with Crippen molar-refractivity contribution >= 4 is 58.6 Å². The number of ether oxygens (including phenoxy) is 2. The van der Waals surface area contributed by atoms with Crippen LogP contribution in [0.1, 0.15) is 34.6 Å². The molecule has 1 saturated carbocycles. The van der Waals surface area contributed by atoms with Gasteiger partial charge in [0.15, 0.2) is 6.61 Å². The minimum atomic E-state index is -4.65. The maximum absolute atomic E-state index is 13.2. The number of rotatable bonds is 14. The number of amides is 3. The summed E-state index contributed by atoms with van der Waals surface area (Å²) in [6, 6.07) is 19.2. The number of aryl methyl sites for hydroxylation is 1. The van der Waals surface area contributed by atoms with Crippen molar-refractivity contribution < 1.29 is 41.8 Å². The van der Waals surface area contributed by atoms with E-state index >= 15 is 0 Å². The van der Waals surface area contributed by atoms with Crippen molar-refractivity contribution in [3.8, 4) is 17.3 Å². The highest BCUT2D eigenvalue weighted by atomic mass is 35.5. The maximum Gasteiger partial charge on any atom is 0.422 e. The number of alkyl halides is 3. The molecule has 0 saturated heterocycles. The van der Waals surface area contributed by atoms with Gasteiger partial charge in [-0.25, -0.2) is 14.8 Å². The van der Waals surface area contributed by atoms with Gasteiger partial charge in [0.1, 0.15) is 11.9 Å². The first kappa shape index (κ1) is 40.8. The van der Waals surface area contributed by atoms with Crippen LogP contribution in [0.5, 0.6) is 6.01 Å². The molecule has 1 aliphatic rings. The highest BCUT2D eigenvalue weighted by molar-refractivity contribution is 6.39. The number of hydrogen-bond acceptors (Lipinski definition) is 13. The van der Waals surface area contributed by atoms with Crippen LogP contribution in [0, 0.1) is 6.92 Å². The van der Waals surface area contributed by atoms with Gasteiger partial charge in [-0.2, -0.15) is 28.1 Å². The van der Waals surface area contributed by atoms with Crippen molar-refractivity contribution in [2.24, 2.45) is 0 Å². The monoisotopic (exact) mass is 818 g/mol. The van der Waals surface area contributed by atoms with Crippen LogP contribution in [-0.4, -0.2) is 81.1 Å². The van der Waals surface area contributed by atoms with E-state index in [2.05, 4.69) is 51.5 Å². The second kappa shape index (κ2) is 17.5. The predicted octanol–water partition coefficient (Wildman–Crippen LogP) is 5.10. The number of methoxy groups -OCH3 is 1. The molecule has 1 atom stereocenters. The second-order valence-electron chi connectivity index (χ2n) is 12.9. The summed E-state index contributed by atoms with van der Waals surface area (Å²) in [5.41, 5.74) is 2.32. The van der Waals surface area contributed by atoms with Gasteiger partial charge in [-0.3, -0.25) is 14.4 Å². The average Bonchev–Trinajstić information content (AvgIpc) is 3.98. The van der Waals surface area contributed by atoms with Crippen molar-refractivity contribution in [2.45, 2.75) is 37.5 Å². The molecule has 0 spiro atoms. The molecule has 1 aliphatic carbocycles. The Morgan fingerprint density at radius 3 is 2.28 bits per heavy atom. The Morgan fingerprint density at radius 2 is 1.60 bits per heavy atom. The molecule has 0 unspecified atom stereocenters. The number of nitrogens with zero attached hydrogens (tertiary/aromatic N) is 5. The molecule has 2 heterocycles. The van der Waals surface area contributed by atoms with E-state index < -0.39 is 60.6 Å². The van der Waals surface area contributed by atoms with E-state index in [1.165, 1.54) is 24.3 Å². The van der Waals surface area contributed by atoms with Crippen molar-refractivity contribution in [3.63, 3.8) is 0 Å². The zero-order valence-electron chi connectivity index (χ0n) is 30.7. The lowest BCUT2D eigenvalue weighted by Gasteiger charge is -2.19. The third kappa shape index (κ3) is 10.9. The molecule has 0 aliphatic heterocycles. The molecule has 16 nitrogen and oxygen atoms in total. The Bertz CT molecular complexity index is 2310. The molecular formula is C38H34ClF3N10O6. The fraction of sp³-hybridized carbons (Fsp3) is 0.237. The van der Waals surface area contributed by atoms with Gasteiger partial charge >= 0.3 is 30.0 Å². The summed E-state index contributed by atoms with van der Waals surface area (Å²) in [5.74, 6) is -3.37. The van der Waals surface area contributed by atoms with Gasteiger partial charge in [0, 0.05) is 40.3 Å². The third-order valence-electron chi connectivity index (χ3n) is 8.54. The largest absolute Gasteiger partial charge is 0.467 e. The fourth-order valence-electron chi connectivity index (χ4n) is 5.52. The van der Waals surface area contributed by atoms with Gasteiger partial charge in [-0.05, 0) is 79.9 Å². The Kier molecular flexibility index (Phi) is 12.3. The van der Waals surface area contributed by atoms with Crippen LogP contribution in [0.2, 0.25) is 5.02 Å². The van der Waals surface area contributed by atoms with Crippen LogP contribution in [0.3, 0.4) is 0 Å². The van der Waals surface area contributed by atoms with Crippen molar-refractivity contribution in [1.29, 1.82) is 0 Å². The van der Waals surface area contributed by atoms with Gasteiger partial charge < -0.3 is 36.1 Å². The summed E-state index contributed by atoms with van der Waals surface area (Å²) < 4.78 is 48.6. The van der Waals surface area contributed by atoms with E-state index in [1.807, 2.05) is 12.1 Å². The molecule has 3 amide bonds. The number of anilines is 4. The van der Waals surface area contributed by atoms with Crippen molar-refractivity contribution in [3.05, 3.63) is 107 Å². The summed E-state index contributed by atoms with van der Waals surface area (Å²) in [7, 11) is 1.09. The lowest BCUT2D eigenvalue weighted by atomic mass is 10.1. The fourth-order valence-corrected chi connectivity index (χ4v) is 5.65. The van der Waals surface area contributed by atoms with Gasteiger partial charge in [0.05, 0.1) is 18.3 Å². The number of nitrogens with one attached hydrogen (secondary N) is 5. The van der Waals surface area contributed by atoms with Crippen LogP contribution >= 0.6 is 11.6 Å². The van der Waals surface area contributed by atoms with Crippen LogP contribution in [0.25, 0.3) is 11.3 Å². The lowest BCUT2D eigenvalue weighted by molar-refractivity contribution is -0.154. The molecule has 6 rings (SSSR count). The van der Waals surface area contributed by atoms with Crippen LogP contribution in [0.15, 0.2) is 85.1 Å². The Morgan fingerprint density at radius 1 is 0.879 bits per heavy atom. The molecule has 0 radical (unpaired) electrons. The summed E-state index contributed by atoms with van der Waals surface area (Å²) in [4.78, 5) is 71.8. The molecule has 1 fully saturated rings. The molecule has 300 valence electrons. The first-order chi connectivity index (χ1) is 27.7. The van der Waals surface area contributed by atoms with E-state index in [9.17, 15) is 32.3 Å². The van der Waals surface area contributed by atoms with Crippen LogP contribution in [-0.2, 0) is 24.7 Å². The molecule has 2 aromatic heterocycles. The van der Waals surface area contributed by atoms with E-state index in [-0.39, 0.29) is 17.5 Å². The highest BCUT2D eigenvalue weighted by Gasteiger charge is 2.45. The SMILES string of the molecule is COC(=O)[C@H](CNC(=O)C(=O)Nc1cccc(-c2ccnc(C)n2)c1)NC(=O)c1ccc(Nc2nc(NC3(c4ccc(Cl)cc4)CC3)nc(OCC(F)(F)F)n2)cc1. The molecule has 20 heteroatoms. The smallest absolute Gasteiger partial charge is 0.422 e. The maximum atomic E-state index is 13.2. The van der Waals surface area contributed by atoms with Gasteiger partial charge in [0.2, 0.25) is 11.9 Å². The van der Waals surface area contributed by atoms with Crippen molar-refractivity contribution in [1.82, 2.24) is 35.6 Å². The normalized spacial score (nSPS) is 13.3. The summed E-state index contributed by atoms with van der Waals surface area (Å²) in [6.07, 6.45) is -1.65. The Balaban J connectivity index is 1.08. The van der Waals surface area contributed by atoms with Gasteiger partial charge in [-0.15, -0.1) is 0 Å². The molecule has 5 aromatic rings. The second-order valence-corrected chi connectivity index (χ2v) is 13.3. The minimum Gasteiger partial charge on any atom is -0.467 e. The number of benzene rings is 3. The standard InChI is InChI=1S/C38H34ClF3N10O6/c1-21-43-17-14-28(45-21)23-4-3-5-27(18-23)46-32(55)31(54)44-19-29(33(56)57-2)48-30(53)22-6-12-26(13-7-22)47-34-49-35(51-36(50-34)58-20-38(40,41)42)52-37(15-16-37)24-8-10-25(39)11-9-24/h3-14,17-18,29H,15-16,19-20H2,1-2H3,(H,44,54)(H,46,55)(H,48,53)(H2,47,49,50,51,52)/t29-/m0/s1. The van der Waals surface area contributed by atoms with Crippen LogP contribution in [0.4, 0.5) is 36.4 Å². The van der Waals surface area contributed by atoms with Crippen molar-refractivity contribution in [2.75, 3.05) is 36.2 Å². The highest BCUT2D eigenvalue weighted by Crippen LogP contribution is 2.48. The first-order valence-electron chi connectivity index (χ1n) is 17.4. The number of hydrogen-bond donors (Lipinski definition) is 5. The average molecular weight is 819 g/mol. The summed E-state index contributed by atoms with van der Waals surface area (Å²) in [6.45, 7) is -0.383. The molecule has 0 bridgehead atoms. The zero-order valence-corrected chi connectivity index (χ0v) is 31.4. The van der Waals surface area contributed by atoms with E-state index in [0.29, 0.717) is 46.3 Å². The number of halogens is 4. The van der Waals surface area contributed by atoms with Crippen LogP contribution < -0.4 is 31.3 Å². The third-order valence-corrected chi connectivity index (χ3v) is 8.79. The molecule has 58 heavy (non-hydrogen) atoms. The zero-order chi connectivity index (χ0) is 41.5. The number of carbonyl (C=O) groups excluding carboxylic acids is 4. The summed E-state index contributed by atoms with van der Waals surface area (Å²) >= 11 is 6.03. The Labute approximate surface area is 333 Å². The van der Waals surface area contributed by atoms with Gasteiger partial charge in [0.25, 0.3) is 5.91 Å². The molecular weight excluding hydrogens is 785 g/mol. The van der Waals surface area contributed by atoms with Gasteiger partial charge in [-0.1, -0.05) is 35.9 Å². The van der Waals surface area contributed by atoms with E-state index in [0.717, 1.165) is 12.7 Å². The molecule has 3 aromatic carbocycles. The van der Waals surface area contributed by atoms with E-state index in [4.69, 9.17) is 21.1 Å². The minimum absolute atomic E-state index is 0.0422. The predicted molar refractivity (Wildman–Crippen MR) is 204 cm³/mol. The molecule has 5 N–H and O–H groups in total. The lowest BCUT2D eigenvalue weighted by Crippen LogP contribution is -2.50. The number of carbonyl (C=O) groups is 4. The number of aromatic nitrogens is 5. The number of esters is 1. The quantitative estimate of drug-likeness (QED) is 0.0730.